The first-order valence-corrected chi connectivity index (χ1v) is 9.81. The van der Waals surface area contributed by atoms with Crippen molar-refractivity contribution in [3.05, 3.63) is 47.1 Å². The highest BCUT2D eigenvalue weighted by molar-refractivity contribution is 5.91. The molecule has 1 aromatic heterocycles. The zero-order chi connectivity index (χ0) is 18.6. The van der Waals surface area contributed by atoms with Crippen LogP contribution in [-0.4, -0.2) is 26.2 Å². The van der Waals surface area contributed by atoms with E-state index in [0.29, 0.717) is 18.3 Å². The summed E-state index contributed by atoms with van der Waals surface area (Å²) in [6.07, 6.45) is 9.76. The Morgan fingerprint density at radius 1 is 1.19 bits per heavy atom. The molecular weight excluding hydrogens is 342 g/mol. The maximum absolute atomic E-state index is 12.7. The molecule has 2 aromatic rings. The lowest BCUT2D eigenvalue weighted by Crippen LogP contribution is -2.56. The molecule has 2 atom stereocenters. The molecule has 4 aliphatic carbocycles. The fraction of sp³-hybridized carbons (Fsp3) is 0.524. The number of aromatic amines is 1. The van der Waals surface area contributed by atoms with Crippen molar-refractivity contribution >= 4 is 11.6 Å². The Morgan fingerprint density at radius 3 is 2.48 bits per heavy atom. The van der Waals surface area contributed by atoms with Crippen molar-refractivity contribution in [2.75, 3.05) is 5.32 Å². The third-order valence-corrected chi connectivity index (χ3v) is 6.77. The third kappa shape index (κ3) is 3.02. The number of carbonyl (C=O) groups is 1. The third-order valence-electron chi connectivity index (χ3n) is 6.77. The van der Waals surface area contributed by atoms with Gasteiger partial charge in [0.15, 0.2) is 0 Å². The average Bonchev–Trinajstić information content (AvgIpc) is 2.98. The van der Waals surface area contributed by atoms with Crippen molar-refractivity contribution in [1.29, 1.82) is 0 Å². The minimum Gasteiger partial charge on any atom is -0.390 e. The molecule has 4 fully saturated rings. The number of anilines is 1. The van der Waals surface area contributed by atoms with Gasteiger partial charge in [0, 0.05) is 24.5 Å². The first-order valence-electron chi connectivity index (χ1n) is 9.81. The van der Waals surface area contributed by atoms with Crippen molar-refractivity contribution in [3.8, 4) is 5.69 Å². The molecule has 0 spiro atoms. The Morgan fingerprint density at radius 2 is 1.89 bits per heavy atom. The average molecular weight is 367 g/mol. The van der Waals surface area contributed by atoms with E-state index >= 15 is 0 Å². The molecule has 4 saturated carbocycles. The maximum Gasteiger partial charge on any atom is 0.330 e. The highest BCUT2D eigenvalue weighted by Crippen LogP contribution is 2.62. The number of carbonyl (C=O) groups excluding carboxylic acids is 1. The Labute approximate surface area is 157 Å². The smallest absolute Gasteiger partial charge is 0.330 e. The number of imidazole rings is 1. The number of hydrogen-bond donors (Lipinski definition) is 3. The van der Waals surface area contributed by atoms with Gasteiger partial charge in [-0.1, -0.05) is 0 Å². The number of aromatic nitrogens is 2. The van der Waals surface area contributed by atoms with Crippen molar-refractivity contribution in [2.45, 2.75) is 50.5 Å². The van der Waals surface area contributed by atoms with E-state index in [0.717, 1.165) is 43.5 Å². The van der Waals surface area contributed by atoms with Crippen molar-refractivity contribution in [1.82, 2.24) is 9.55 Å². The summed E-state index contributed by atoms with van der Waals surface area (Å²) in [5.41, 5.74) is 0.738. The van der Waals surface area contributed by atoms with Gasteiger partial charge in [-0.2, -0.15) is 0 Å². The van der Waals surface area contributed by atoms with Crippen LogP contribution < -0.4 is 11.0 Å². The van der Waals surface area contributed by atoms with Gasteiger partial charge in [-0.15, -0.1) is 0 Å². The normalized spacial score (nSPS) is 34.0. The van der Waals surface area contributed by atoms with Gasteiger partial charge in [0.25, 0.3) is 0 Å². The lowest BCUT2D eigenvalue weighted by molar-refractivity contribution is -0.167. The van der Waals surface area contributed by atoms with Gasteiger partial charge >= 0.3 is 5.69 Å². The molecule has 0 unspecified atom stereocenters. The van der Waals surface area contributed by atoms with Crippen LogP contribution >= 0.6 is 0 Å². The predicted octanol–water partition coefficient (Wildman–Crippen LogP) is 2.83. The molecular formula is C21H25N3O3. The van der Waals surface area contributed by atoms with Crippen LogP contribution in [0.1, 0.15) is 44.9 Å². The molecule has 142 valence electrons. The molecule has 4 bridgehead atoms. The van der Waals surface area contributed by atoms with Gasteiger partial charge in [0.05, 0.1) is 11.3 Å². The molecule has 27 heavy (non-hydrogen) atoms. The molecule has 3 N–H and O–H groups in total. The summed E-state index contributed by atoms with van der Waals surface area (Å²) in [4.78, 5) is 27.0. The molecule has 1 aromatic carbocycles. The Kier molecular flexibility index (Phi) is 3.63. The summed E-state index contributed by atoms with van der Waals surface area (Å²) >= 11 is 0. The van der Waals surface area contributed by atoms with Crippen LogP contribution in [0.2, 0.25) is 0 Å². The number of hydrogen-bond acceptors (Lipinski definition) is 3. The van der Waals surface area contributed by atoms with Crippen molar-refractivity contribution < 1.29 is 9.90 Å². The number of amides is 1. The van der Waals surface area contributed by atoms with E-state index in [1.165, 1.54) is 11.0 Å². The standard InChI is InChI=1S/C21H25N3O3/c25-18(12-20-8-14-7-15(9-20)11-21(27,10-14)13-20)23-16-1-3-17(4-2-16)24-6-5-22-19(24)26/h1-6,14-15,27H,7-13H2,(H,22,26)(H,23,25)/t14-,15-,20?,21?/m1/s1. The summed E-state index contributed by atoms with van der Waals surface area (Å²) in [6.45, 7) is 0. The zero-order valence-corrected chi connectivity index (χ0v) is 15.3. The molecule has 0 aliphatic heterocycles. The van der Waals surface area contributed by atoms with E-state index in [1.54, 1.807) is 12.4 Å². The number of benzene rings is 1. The number of rotatable bonds is 4. The summed E-state index contributed by atoms with van der Waals surface area (Å²) in [5.74, 6) is 1.19. The highest BCUT2D eigenvalue weighted by Gasteiger charge is 2.57. The van der Waals surface area contributed by atoms with Gasteiger partial charge in [0.1, 0.15) is 0 Å². The minimum atomic E-state index is -0.532. The molecule has 6 nitrogen and oxygen atoms in total. The van der Waals surface area contributed by atoms with Gasteiger partial charge in [-0.25, -0.2) is 4.79 Å². The minimum absolute atomic E-state index is 0.0205. The lowest BCUT2D eigenvalue weighted by Gasteiger charge is -2.60. The summed E-state index contributed by atoms with van der Waals surface area (Å²) in [7, 11) is 0. The molecule has 1 amide bonds. The van der Waals surface area contributed by atoms with E-state index < -0.39 is 5.60 Å². The first kappa shape index (κ1) is 16.8. The van der Waals surface area contributed by atoms with E-state index in [-0.39, 0.29) is 17.0 Å². The van der Waals surface area contributed by atoms with Crippen LogP contribution in [0.4, 0.5) is 5.69 Å². The number of nitrogens with one attached hydrogen (secondary N) is 2. The lowest BCUT2D eigenvalue weighted by atomic mass is 9.47. The molecule has 1 heterocycles. The summed E-state index contributed by atoms with van der Waals surface area (Å²) < 4.78 is 1.52. The van der Waals surface area contributed by atoms with Crippen LogP contribution in [0.25, 0.3) is 5.69 Å². The highest BCUT2D eigenvalue weighted by atomic mass is 16.3. The first-order chi connectivity index (χ1) is 12.9. The van der Waals surface area contributed by atoms with Gasteiger partial charge in [-0.3, -0.25) is 9.36 Å². The maximum atomic E-state index is 12.7. The van der Waals surface area contributed by atoms with E-state index in [2.05, 4.69) is 10.3 Å². The topological polar surface area (TPSA) is 87.1 Å². The van der Waals surface area contributed by atoms with Gasteiger partial charge in [-0.05, 0) is 80.0 Å². The quantitative estimate of drug-likeness (QED) is 0.776. The summed E-state index contributed by atoms with van der Waals surface area (Å²) in [5, 5.41) is 13.9. The number of aliphatic hydroxyl groups is 1. The SMILES string of the molecule is O=C(CC12C[C@H]3C[C@@H](CC(O)(C3)C1)C2)Nc1ccc(-n2cc[nH]c2=O)cc1. The Bertz CT molecular complexity index is 913. The summed E-state index contributed by atoms with van der Waals surface area (Å²) in [6, 6.07) is 7.27. The Hall–Kier alpha value is -2.34. The molecule has 0 saturated heterocycles. The van der Waals surface area contributed by atoms with Crippen LogP contribution in [0.3, 0.4) is 0 Å². The van der Waals surface area contributed by atoms with E-state index in [1.807, 2.05) is 24.3 Å². The van der Waals surface area contributed by atoms with Crippen LogP contribution in [-0.2, 0) is 4.79 Å². The van der Waals surface area contributed by atoms with Crippen molar-refractivity contribution in [3.63, 3.8) is 0 Å². The zero-order valence-electron chi connectivity index (χ0n) is 15.3. The van der Waals surface area contributed by atoms with E-state index in [4.69, 9.17) is 0 Å². The van der Waals surface area contributed by atoms with Gasteiger partial charge < -0.3 is 15.4 Å². The van der Waals surface area contributed by atoms with E-state index in [9.17, 15) is 14.7 Å². The fourth-order valence-electron chi connectivity index (χ4n) is 6.38. The predicted molar refractivity (Wildman–Crippen MR) is 102 cm³/mol. The van der Waals surface area contributed by atoms with Crippen LogP contribution in [0.5, 0.6) is 0 Å². The largest absolute Gasteiger partial charge is 0.390 e. The van der Waals surface area contributed by atoms with Crippen molar-refractivity contribution in [2.24, 2.45) is 17.3 Å². The molecule has 6 rings (SSSR count). The number of nitrogens with zero attached hydrogens (tertiary/aromatic N) is 1. The molecule has 0 radical (unpaired) electrons. The van der Waals surface area contributed by atoms with Crippen LogP contribution in [0.15, 0.2) is 41.5 Å². The van der Waals surface area contributed by atoms with Gasteiger partial charge in [0.2, 0.25) is 5.91 Å². The molecule has 6 heteroatoms. The molecule has 4 aliphatic rings. The Balaban J connectivity index is 1.27. The number of H-pyrrole nitrogens is 1. The second-order valence-electron chi connectivity index (χ2n) is 9.09. The monoisotopic (exact) mass is 367 g/mol. The second-order valence-corrected chi connectivity index (χ2v) is 9.09. The van der Waals surface area contributed by atoms with Crippen LogP contribution in [0, 0.1) is 17.3 Å². The fourth-order valence-corrected chi connectivity index (χ4v) is 6.38. The second kappa shape index (κ2) is 5.83.